The molecule has 11 heteroatoms. The average Bonchev–Trinajstić information content (AvgIpc) is 3.54. The molecule has 1 aliphatic heterocycles. The molecule has 0 spiro atoms. The van der Waals surface area contributed by atoms with Crippen molar-refractivity contribution in [2.24, 2.45) is 5.92 Å². The van der Waals surface area contributed by atoms with Crippen molar-refractivity contribution in [3.8, 4) is 11.8 Å². The fraction of sp³-hybridized carbons (Fsp3) is 0.270. The number of nitrogens with one attached hydrogen (secondary N) is 2. The summed E-state index contributed by atoms with van der Waals surface area (Å²) in [4.78, 5) is 45.1. The van der Waals surface area contributed by atoms with E-state index in [1.165, 1.54) is 18.7 Å². The maximum absolute atomic E-state index is 14.3. The third kappa shape index (κ3) is 9.00. The molecular weight excluding hydrogens is 628 g/mol. The number of anilines is 1. The van der Waals surface area contributed by atoms with Gasteiger partial charge in [-0.05, 0) is 87.5 Å². The van der Waals surface area contributed by atoms with E-state index >= 15 is 0 Å². The fourth-order valence-electron chi connectivity index (χ4n) is 5.37. The first-order valence-electron chi connectivity index (χ1n) is 15.8. The summed E-state index contributed by atoms with van der Waals surface area (Å²) >= 11 is 0. The number of esters is 1. The number of carbonyl (C=O) groups excluding carboxylic acids is 3. The molecule has 2 aromatic heterocycles. The summed E-state index contributed by atoms with van der Waals surface area (Å²) < 4.78 is 27.5. The van der Waals surface area contributed by atoms with Crippen LogP contribution >= 0.6 is 0 Å². The molecule has 0 aliphatic carbocycles. The number of hydrogen-bond acceptors (Lipinski definition) is 8. The van der Waals surface area contributed by atoms with E-state index in [1.54, 1.807) is 79.9 Å². The number of furan rings is 1. The van der Waals surface area contributed by atoms with Crippen LogP contribution in [0.25, 0.3) is 0 Å². The highest BCUT2D eigenvalue weighted by Crippen LogP contribution is 2.19. The van der Waals surface area contributed by atoms with E-state index in [9.17, 15) is 18.6 Å². The molecule has 2 unspecified atom stereocenters. The minimum Gasteiger partial charge on any atom is -0.466 e. The van der Waals surface area contributed by atoms with E-state index < -0.39 is 15.6 Å². The Labute approximate surface area is 281 Å². The Morgan fingerprint density at radius 3 is 2.62 bits per heavy atom. The van der Waals surface area contributed by atoms with Gasteiger partial charge < -0.3 is 19.4 Å². The summed E-state index contributed by atoms with van der Waals surface area (Å²) in [6, 6.07) is 19.2. The van der Waals surface area contributed by atoms with Gasteiger partial charge in [-0.2, -0.15) is 0 Å². The predicted molar refractivity (Wildman–Crippen MR) is 185 cm³/mol. The summed E-state index contributed by atoms with van der Waals surface area (Å²) in [5.41, 5.74) is 2.63. The summed E-state index contributed by atoms with van der Waals surface area (Å²) in [5, 5.41) is 4.47. The van der Waals surface area contributed by atoms with Crippen LogP contribution in [-0.4, -0.2) is 63.5 Å². The van der Waals surface area contributed by atoms with Gasteiger partial charge in [0.1, 0.15) is 0 Å². The Kier molecular flexibility index (Phi) is 11.4. The summed E-state index contributed by atoms with van der Waals surface area (Å²) in [7, 11) is -3.10. The van der Waals surface area contributed by atoms with Gasteiger partial charge in [0.2, 0.25) is 0 Å². The van der Waals surface area contributed by atoms with Crippen molar-refractivity contribution >= 4 is 38.5 Å². The average molecular weight is 667 g/mol. The van der Waals surface area contributed by atoms with Gasteiger partial charge in [0.15, 0.2) is 5.76 Å². The molecule has 10 nitrogen and oxygen atoms in total. The Bertz CT molecular complexity index is 1950. The van der Waals surface area contributed by atoms with Crippen LogP contribution in [0.15, 0.2) is 94.7 Å². The quantitative estimate of drug-likeness (QED) is 0.136. The van der Waals surface area contributed by atoms with Gasteiger partial charge in [-0.15, -0.1) is 0 Å². The maximum atomic E-state index is 14.3. The largest absolute Gasteiger partial charge is 0.466 e. The molecule has 248 valence electrons. The second-order valence-corrected chi connectivity index (χ2v) is 13.6. The zero-order valence-electron chi connectivity index (χ0n) is 26.9. The number of benzene rings is 2. The van der Waals surface area contributed by atoms with Gasteiger partial charge in [0.25, 0.3) is 11.8 Å². The van der Waals surface area contributed by atoms with E-state index in [0.717, 1.165) is 24.9 Å². The number of aromatic nitrogens is 1. The number of hydrogen-bond donors (Lipinski definition) is 2. The Balaban J connectivity index is 1.28. The van der Waals surface area contributed by atoms with Crippen molar-refractivity contribution in [3.63, 3.8) is 0 Å². The number of nitrogens with zero attached hydrogens (tertiary/aromatic N) is 2. The van der Waals surface area contributed by atoms with Gasteiger partial charge in [-0.3, -0.25) is 24.1 Å². The minimum atomic E-state index is -3.10. The monoisotopic (exact) mass is 666 g/mol. The van der Waals surface area contributed by atoms with Gasteiger partial charge in [0.05, 0.1) is 34.1 Å². The van der Waals surface area contributed by atoms with Crippen LogP contribution in [0.3, 0.4) is 0 Å². The minimum absolute atomic E-state index is 0.166. The Morgan fingerprint density at radius 1 is 1.04 bits per heavy atom. The molecule has 2 N–H and O–H groups in total. The SMILES string of the molecule is CCOC(=O)C1CCCN(CCC=S(=O)(NC(=O)c2cncc(C#Cc3cccc(NC(=O)c4occc4C)c3)c2)c2ccccc2)C1. The highest BCUT2D eigenvalue weighted by molar-refractivity contribution is 8.00. The van der Waals surface area contributed by atoms with Gasteiger partial charge in [0, 0.05) is 52.8 Å². The van der Waals surface area contributed by atoms with Crippen molar-refractivity contribution < 1.29 is 27.7 Å². The number of carbonyl (C=O) groups is 3. The summed E-state index contributed by atoms with van der Waals surface area (Å²) in [6.45, 7) is 5.98. The first-order valence-corrected chi connectivity index (χ1v) is 17.4. The van der Waals surface area contributed by atoms with Gasteiger partial charge in [-0.1, -0.05) is 36.1 Å². The van der Waals surface area contributed by atoms with Crippen LogP contribution in [0.4, 0.5) is 5.69 Å². The lowest BCUT2D eigenvalue weighted by molar-refractivity contribution is -0.149. The van der Waals surface area contributed by atoms with Gasteiger partial charge in [-0.25, -0.2) is 4.21 Å². The molecule has 5 rings (SSSR count). The van der Waals surface area contributed by atoms with Crippen LogP contribution < -0.4 is 10.0 Å². The van der Waals surface area contributed by atoms with Crippen molar-refractivity contribution in [1.82, 2.24) is 14.6 Å². The van der Waals surface area contributed by atoms with E-state index in [2.05, 4.69) is 31.8 Å². The standard InChI is InChI=1S/C37H38N4O6S/c1-3-46-37(44)30-11-8-18-41(26-30)19-9-21-48(45,33-13-5-4-6-14-33)40-35(42)31-22-29(24-38-25-31)16-15-28-10-7-12-32(23-28)39-36(43)34-27(2)17-20-47-34/h4-7,10,12-14,17,20-25,30H,3,8-9,11,18-19,26H2,1-2H3,(H,39,43)(H,40,42,45). The molecule has 1 fully saturated rings. The third-order valence-corrected chi connectivity index (χ3v) is 9.97. The van der Waals surface area contributed by atoms with E-state index in [0.29, 0.717) is 47.8 Å². The number of ether oxygens (including phenoxy) is 1. The van der Waals surface area contributed by atoms with Crippen LogP contribution in [0.2, 0.25) is 0 Å². The summed E-state index contributed by atoms with van der Waals surface area (Å²) in [5.74, 6) is 5.06. The van der Waals surface area contributed by atoms with E-state index in [1.807, 2.05) is 6.07 Å². The van der Waals surface area contributed by atoms with Crippen molar-refractivity contribution in [3.05, 3.63) is 113 Å². The van der Waals surface area contributed by atoms with Crippen molar-refractivity contribution in [1.29, 1.82) is 0 Å². The van der Waals surface area contributed by atoms with E-state index in [4.69, 9.17) is 9.15 Å². The van der Waals surface area contributed by atoms with E-state index in [-0.39, 0.29) is 29.1 Å². The molecule has 3 heterocycles. The van der Waals surface area contributed by atoms with Crippen molar-refractivity contribution in [2.75, 3.05) is 31.6 Å². The van der Waals surface area contributed by atoms with Gasteiger partial charge >= 0.3 is 5.97 Å². The first-order chi connectivity index (χ1) is 23.2. The zero-order chi connectivity index (χ0) is 33.9. The molecule has 1 aliphatic rings. The van der Waals surface area contributed by atoms with Crippen LogP contribution in [0.5, 0.6) is 0 Å². The van der Waals surface area contributed by atoms with Crippen molar-refractivity contribution in [2.45, 2.75) is 38.0 Å². The van der Waals surface area contributed by atoms with Crippen LogP contribution in [-0.2, 0) is 19.2 Å². The molecule has 1 saturated heterocycles. The number of likely N-dealkylation sites (tertiary alicyclic amines) is 1. The number of amides is 2. The highest BCUT2D eigenvalue weighted by atomic mass is 32.2. The molecule has 2 aromatic carbocycles. The second-order valence-electron chi connectivity index (χ2n) is 11.4. The molecular formula is C37H38N4O6S. The molecule has 2 atom stereocenters. The second kappa shape index (κ2) is 16.1. The lowest BCUT2D eigenvalue weighted by atomic mass is 9.98. The Hall–Kier alpha value is -5.18. The highest BCUT2D eigenvalue weighted by Gasteiger charge is 2.26. The summed E-state index contributed by atoms with van der Waals surface area (Å²) in [6.07, 6.45) is 6.53. The van der Waals surface area contributed by atoms with Crippen LogP contribution in [0, 0.1) is 24.7 Å². The predicted octanol–water partition coefficient (Wildman–Crippen LogP) is 5.09. The lowest BCUT2D eigenvalue weighted by Gasteiger charge is -2.31. The third-order valence-electron chi connectivity index (χ3n) is 7.80. The zero-order valence-corrected chi connectivity index (χ0v) is 27.8. The topological polar surface area (TPSA) is 131 Å². The number of aryl methyl sites for hydroxylation is 1. The smallest absolute Gasteiger partial charge is 0.310 e. The molecule has 2 amide bonds. The normalized spacial score (nSPS) is 15.7. The lowest BCUT2D eigenvalue weighted by Crippen LogP contribution is -2.40. The Morgan fingerprint density at radius 2 is 1.85 bits per heavy atom. The molecule has 0 radical (unpaired) electrons. The van der Waals surface area contributed by atoms with Crippen LogP contribution in [0.1, 0.15) is 63.8 Å². The molecule has 48 heavy (non-hydrogen) atoms. The molecule has 0 bridgehead atoms. The maximum Gasteiger partial charge on any atom is 0.310 e. The number of rotatable bonds is 10. The molecule has 4 aromatic rings. The number of piperidine rings is 1. The first kappa shape index (κ1) is 34.2. The molecule has 0 saturated carbocycles. The fourth-order valence-corrected chi connectivity index (χ4v) is 7.16. The number of pyridine rings is 1.